The summed E-state index contributed by atoms with van der Waals surface area (Å²) in [4.78, 5) is 20.5. The van der Waals surface area contributed by atoms with Crippen LogP contribution in [0, 0.1) is 0 Å². The lowest BCUT2D eigenvalue weighted by atomic mass is 10.2. The number of rotatable bonds is 3. The van der Waals surface area contributed by atoms with Crippen LogP contribution < -0.4 is 15.2 Å². The van der Waals surface area contributed by atoms with Gasteiger partial charge in [0.05, 0.1) is 19.5 Å². The fourth-order valence-corrected chi connectivity index (χ4v) is 2.12. The third-order valence-electron chi connectivity index (χ3n) is 3.10. The van der Waals surface area contributed by atoms with Crippen LogP contribution in [0.15, 0.2) is 11.1 Å². The molecule has 6 heteroatoms. The van der Waals surface area contributed by atoms with E-state index in [0.717, 1.165) is 32.5 Å². The van der Waals surface area contributed by atoms with Crippen molar-refractivity contribution in [3.8, 4) is 5.75 Å². The summed E-state index contributed by atoms with van der Waals surface area (Å²) in [6, 6.07) is 0. The summed E-state index contributed by atoms with van der Waals surface area (Å²) in [6.07, 6.45) is 3.46. The van der Waals surface area contributed by atoms with Crippen LogP contribution in [0.4, 0.5) is 5.82 Å². The minimum Gasteiger partial charge on any atom is -0.489 e. The molecule has 100 valence electrons. The highest BCUT2D eigenvalue weighted by molar-refractivity contribution is 5.50. The molecule has 0 radical (unpaired) electrons. The number of aromatic amines is 1. The van der Waals surface area contributed by atoms with E-state index in [0.29, 0.717) is 5.82 Å². The second kappa shape index (κ2) is 5.86. The van der Waals surface area contributed by atoms with Gasteiger partial charge >= 0.3 is 0 Å². The summed E-state index contributed by atoms with van der Waals surface area (Å²) in [7, 11) is 1.49. The summed E-state index contributed by atoms with van der Waals surface area (Å²) in [5, 5.41) is 0. The number of nitrogens with one attached hydrogen (secondary N) is 1. The molecule has 1 N–H and O–H groups in total. The molecule has 1 fully saturated rings. The molecule has 1 unspecified atom stereocenters. The normalized spacial score (nSPS) is 20.6. The van der Waals surface area contributed by atoms with E-state index in [-0.39, 0.29) is 17.4 Å². The van der Waals surface area contributed by atoms with Gasteiger partial charge < -0.3 is 19.4 Å². The Bertz CT molecular complexity index is 446. The van der Waals surface area contributed by atoms with Crippen LogP contribution in [0.1, 0.15) is 19.8 Å². The third kappa shape index (κ3) is 2.64. The van der Waals surface area contributed by atoms with Crippen LogP contribution in [0.3, 0.4) is 0 Å². The predicted octanol–water partition coefficient (Wildman–Crippen LogP) is 0.784. The van der Waals surface area contributed by atoms with Gasteiger partial charge in [0.1, 0.15) is 0 Å². The first kappa shape index (κ1) is 12.9. The molecule has 0 aliphatic carbocycles. The molecule has 1 atom stereocenters. The number of nitrogens with zero attached hydrogens (tertiary/aromatic N) is 2. The Labute approximate surface area is 106 Å². The second-order valence-corrected chi connectivity index (χ2v) is 4.29. The standard InChI is InChI=1S/C12H19N3O3/c1-3-9-7-15(5-4-6-18-9)11-10(17-2)12(16)14-8-13-11/h8-9H,3-7H2,1-2H3,(H,13,14,16). The van der Waals surface area contributed by atoms with Crippen molar-refractivity contribution in [3.05, 3.63) is 16.7 Å². The van der Waals surface area contributed by atoms with E-state index in [9.17, 15) is 4.79 Å². The van der Waals surface area contributed by atoms with Gasteiger partial charge in [0.25, 0.3) is 5.56 Å². The monoisotopic (exact) mass is 253 g/mol. The largest absolute Gasteiger partial charge is 0.489 e. The maximum atomic E-state index is 11.7. The predicted molar refractivity (Wildman–Crippen MR) is 68.3 cm³/mol. The van der Waals surface area contributed by atoms with Gasteiger partial charge in [-0.3, -0.25) is 4.79 Å². The van der Waals surface area contributed by atoms with Crippen LogP contribution in [-0.4, -0.2) is 42.9 Å². The van der Waals surface area contributed by atoms with Crippen molar-refractivity contribution in [2.45, 2.75) is 25.9 Å². The molecule has 18 heavy (non-hydrogen) atoms. The maximum absolute atomic E-state index is 11.7. The number of anilines is 1. The summed E-state index contributed by atoms with van der Waals surface area (Å²) in [5.74, 6) is 0.874. The molecule has 0 bridgehead atoms. The average molecular weight is 253 g/mol. The minimum absolute atomic E-state index is 0.179. The molecule has 1 aliphatic heterocycles. The highest BCUT2D eigenvalue weighted by atomic mass is 16.5. The smallest absolute Gasteiger partial charge is 0.295 e. The third-order valence-corrected chi connectivity index (χ3v) is 3.10. The van der Waals surface area contributed by atoms with Crippen LogP contribution in [0.5, 0.6) is 5.75 Å². The van der Waals surface area contributed by atoms with Crippen LogP contribution in [0.25, 0.3) is 0 Å². The van der Waals surface area contributed by atoms with E-state index < -0.39 is 0 Å². The summed E-state index contributed by atoms with van der Waals surface area (Å²) in [5.41, 5.74) is -0.249. The van der Waals surface area contributed by atoms with Crippen LogP contribution in [-0.2, 0) is 4.74 Å². The Morgan fingerprint density at radius 1 is 1.67 bits per heavy atom. The van der Waals surface area contributed by atoms with Gasteiger partial charge in [-0.25, -0.2) is 4.98 Å². The van der Waals surface area contributed by atoms with E-state index >= 15 is 0 Å². The van der Waals surface area contributed by atoms with Crippen molar-refractivity contribution in [3.63, 3.8) is 0 Å². The molecule has 0 spiro atoms. The molecule has 6 nitrogen and oxygen atoms in total. The zero-order valence-electron chi connectivity index (χ0n) is 10.8. The summed E-state index contributed by atoms with van der Waals surface area (Å²) >= 11 is 0. The molecule has 0 amide bonds. The second-order valence-electron chi connectivity index (χ2n) is 4.29. The topological polar surface area (TPSA) is 67.5 Å². The van der Waals surface area contributed by atoms with Crippen molar-refractivity contribution in [2.24, 2.45) is 0 Å². The van der Waals surface area contributed by atoms with E-state index in [1.54, 1.807) is 0 Å². The number of hydrogen-bond donors (Lipinski definition) is 1. The first-order valence-electron chi connectivity index (χ1n) is 6.24. The lowest BCUT2D eigenvalue weighted by Gasteiger charge is -2.25. The van der Waals surface area contributed by atoms with E-state index in [1.807, 2.05) is 0 Å². The number of aromatic nitrogens is 2. The Hall–Kier alpha value is -1.56. The Balaban J connectivity index is 2.29. The molecule has 1 aromatic heterocycles. The van der Waals surface area contributed by atoms with Crippen molar-refractivity contribution in [2.75, 3.05) is 31.7 Å². The van der Waals surface area contributed by atoms with Crippen molar-refractivity contribution >= 4 is 5.82 Å². The zero-order valence-corrected chi connectivity index (χ0v) is 10.8. The fourth-order valence-electron chi connectivity index (χ4n) is 2.12. The minimum atomic E-state index is -0.249. The molecule has 2 heterocycles. The number of hydrogen-bond acceptors (Lipinski definition) is 5. The van der Waals surface area contributed by atoms with Crippen molar-refractivity contribution in [1.82, 2.24) is 9.97 Å². The molecule has 0 saturated carbocycles. The lowest BCUT2D eigenvalue weighted by Crippen LogP contribution is -2.33. The van der Waals surface area contributed by atoms with Crippen LogP contribution >= 0.6 is 0 Å². The Kier molecular flexibility index (Phi) is 4.19. The number of methoxy groups -OCH3 is 1. The maximum Gasteiger partial charge on any atom is 0.295 e. The van der Waals surface area contributed by atoms with Gasteiger partial charge in [-0.15, -0.1) is 0 Å². The SMILES string of the molecule is CCC1CN(c2nc[nH]c(=O)c2OC)CCCO1. The van der Waals surface area contributed by atoms with Crippen molar-refractivity contribution < 1.29 is 9.47 Å². The van der Waals surface area contributed by atoms with Crippen LogP contribution in [0.2, 0.25) is 0 Å². The number of ether oxygens (including phenoxy) is 2. The molecule has 1 saturated heterocycles. The van der Waals surface area contributed by atoms with Gasteiger partial charge in [-0.1, -0.05) is 6.92 Å². The highest BCUT2D eigenvalue weighted by Gasteiger charge is 2.22. The van der Waals surface area contributed by atoms with Gasteiger partial charge in [-0.2, -0.15) is 0 Å². The molecular weight excluding hydrogens is 234 g/mol. The molecule has 1 aliphatic rings. The first-order valence-corrected chi connectivity index (χ1v) is 6.24. The van der Waals surface area contributed by atoms with Gasteiger partial charge in [-0.05, 0) is 12.8 Å². The first-order chi connectivity index (χ1) is 8.76. The van der Waals surface area contributed by atoms with Crippen molar-refractivity contribution in [1.29, 1.82) is 0 Å². The van der Waals surface area contributed by atoms with E-state index in [2.05, 4.69) is 21.8 Å². The molecule has 0 aromatic carbocycles. The van der Waals surface area contributed by atoms with Gasteiger partial charge in [0.15, 0.2) is 5.82 Å². The average Bonchev–Trinajstić information content (AvgIpc) is 2.63. The number of H-pyrrole nitrogens is 1. The Morgan fingerprint density at radius 2 is 2.50 bits per heavy atom. The molecule has 1 aromatic rings. The molecular formula is C12H19N3O3. The van der Waals surface area contributed by atoms with Gasteiger partial charge in [0.2, 0.25) is 5.75 Å². The van der Waals surface area contributed by atoms with E-state index in [4.69, 9.17) is 9.47 Å². The zero-order chi connectivity index (χ0) is 13.0. The van der Waals surface area contributed by atoms with Gasteiger partial charge in [0, 0.05) is 19.7 Å². The quantitative estimate of drug-likeness (QED) is 0.862. The van der Waals surface area contributed by atoms with E-state index in [1.165, 1.54) is 13.4 Å². The summed E-state index contributed by atoms with van der Waals surface area (Å²) in [6.45, 7) is 4.41. The lowest BCUT2D eigenvalue weighted by molar-refractivity contribution is 0.0664. The molecule has 2 rings (SSSR count). The summed E-state index contributed by atoms with van der Waals surface area (Å²) < 4.78 is 10.9. The fraction of sp³-hybridized carbons (Fsp3) is 0.667. The highest BCUT2D eigenvalue weighted by Crippen LogP contribution is 2.23. The Morgan fingerprint density at radius 3 is 3.22 bits per heavy atom.